The van der Waals surface area contributed by atoms with Crippen molar-refractivity contribution in [2.45, 2.75) is 51.8 Å². The quantitative estimate of drug-likeness (QED) is 0.820. The van der Waals surface area contributed by atoms with Crippen molar-refractivity contribution in [3.63, 3.8) is 0 Å². The molecule has 90 valence electrons. The van der Waals surface area contributed by atoms with Gasteiger partial charge in [0.1, 0.15) is 11.8 Å². The standard InChI is InChI=1S/C11H20N4O/c1-2-3-6-15-11(9(8-12)13-14-15)10-5-4-7-16-10/h10H,2-8,12H2,1H3. The molecule has 0 aliphatic carbocycles. The van der Waals surface area contributed by atoms with Crippen LogP contribution in [0.2, 0.25) is 0 Å². The summed E-state index contributed by atoms with van der Waals surface area (Å²) >= 11 is 0. The van der Waals surface area contributed by atoms with E-state index in [-0.39, 0.29) is 6.10 Å². The van der Waals surface area contributed by atoms with E-state index >= 15 is 0 Å². The molecule has 1 aliphatic rings. The highest BCUT2D eigenvalue weighted by molar-refractivity contribution is 5.14. The summed E-state index contributed by atoms with van der Waals surface area (Å²) in [6.07, 6.45) is 4.61. The highest BCUT2D eigenvalue weighted by Gasteiger charge is 2.25. The zero-order chi connectivity index (χ0) is 11.4. The van der Waals surface area contributed by atoms with Crippen LogP contribution in [0.1, 0.15) is 50.1 Å². The van der Waals surface area contributed by atoms with E-state index in [2.05, 4.69) is 17.2 Å². The molecule has 1 aromatic heterocycles. The van der Waals surface area contributed by atoms with E-state index in [1.54, 1.807) is 0 Å². The lowest BCUT2D eigenvalue weighted by Gasteiger charge is -2.12. The summed E-state index contributed by atoms with van der Waals surface area (Å²) in [5.41, 5.74) is 7.69. The fourth-order valence-corrected chi connectivity index (χ4v) is 2.12. The molecule has 2 N–H and O–H groups in total. The van der Waals surface area contributed by atoms with Gasteiger partial charge in [0.15, 0.2) is 0 Å². The number of aromatic nitrogens is 3. The number of hydrogen-bond acceptors (Lipinski definition) is 4. The molecule has 0 aromatic carbocycles. The van der Waals surface area contributed by atoms with E-state index in [9.17, 15) is 0 Å². The van der Waals surface area contributed by atoms with Gasteiger partial charge in [-0.1, -0.05) is 18.6 Å². The fraction of sp³-hybridized carbons (Fsp3) is 0.818. The minimum Gasteiger partial charge on any atom is -0.372 e. The Morgan fingerprint density at radius 2 is 2.44 bits per heavy atom. The molecule has 0 radical (unpaired) electrons. The molecule has 1 fully saturated rings. The molecule has 1 unspecified atom stereocenters. The summed E-state index contributed by atoms with van der Waals surface area (Å²) in [5, 5.41) is 8.32. The van der Waals surface area contributed by atoms with E-state index in [0.717, 1.165) is 50.2 Å². The first kappa shape index (κ1) is 11.5. The molecule has 1 atom stereocenters. The van der Waals surface area contributed by atoms with E-state index in [0.29, 0.717) is 6.54 Å². The zero-order valence-electron chi connectivity index (χ0n) is 9.85. The lowest BCUT2D eigenvalue weighted by molar-refractivity contribution is 0.103. The first-order chi connectivity index (χ1) is 7.86. The second-order valence-corrected chi connectivity index (χ2v) is 4.20. The third-order valence-corrected chi connectivity index (χ3v) is 3.00. The van der Waals surface area contributed by atoms with Gasteiger partial charge in [0.05, 0.1) is 5.69 Å². The normalized spacial score (nSPS) is 20.5. The fourth-order valence-electron chi connectivity index (χ4n) is 2.12. The number of nitrogens with zero attached hydrogens (tertiary/aromatic N) is 3. The van der Waals surface area contributed by atoms with Gasteiger partial charge in [0.25, 0.3) is 0 Å². The predicted molar refractivity (Wildman–Crippen MR) is 60.7 cm³/mol. The molecule has 5 nitrogen and oxygen atoms in total. The van der Waals surface area contributed by atoms with E-state index in [1.807, 2.05) is 4.68 Å². The van der Waals surface area contributed by atoms with Gasteiger partial charge in [-0.25, -0.2) is 4.68 Å². The number of unbranched alkanes of at least 4 members (excludes halogenated alkanes) is 1. The molecular formula is C11H20N4O. The molecule has 1 saturated heterocycles. The highest BCUT2D eigenvalue weighted by Crippen LogP contribution is 2.30. The van der Waals surface area contributed by atoms with Crippen molar-refractivity contribution in [2.75, 3.05) is 6.61 Å². The van der Waals surface area contributed by atoms with Crippen molar-refractivity contribution in [1.82, 2.24) is 15.0 Å². The Labute approximate surface area is 96.0 Å². The van der Waals surface area contributed by atoms with Gasteiger partial charge < -0.3 is 10.5 Å². The van der Waals surface area contributed by atoms with Gasteiger partial charge in [0, 0.05) is 19.7 Å². The SMILES string of the molecule is CCCCn1nnc(CN)c1C1CCCO1. The smallest absolute Gasteiger partial charge is 0.102 e. The van der Waals surface area contributed by atoms with Gasteiger partial charge in [-0.3, -0.25) is 0 Å². The second-order valence-electron chi connectivity index (χ2n) is 4.20. The third kappa shape index (κ3) is 2.25. The summed E-state index contributed by atoms with van der Waals surface area (Å²) in [5.74, 6) is 0. The Bertz CT molecular complexity index is 331. The number of ether oxygens (including phenoxy) is 1. The summed E-state index contributed by atoms with van der Waals surface area (Å²) in [7, 11) is 0. The van der Waals surface area contributed by atoms with Gasteiger partial charge in [-0.2, -0.15) is 0 Å². The number of rotatable bonds is 5. The molecule has 0 amide bonds. The molecule has 0 bridgehead atoms. The van der Waals surface area contributed by atoms with Crippen molar-refractivity contribution in [3.8, 4) is 0 Å². The van der Waals surface area contributed by atoms with Crippen LogP contribution < -0.4 is 5.73 Å². The van der Waals surface area contributed by atoms with Crippen LogP contribution in [0.5, 0.6) is 0 Å². The Balaban J connectivity index is 2.19. The lowest BCUT2D eigenvalue weighted by atomic mass is 10.1. The first-order valence-electron chi connectivity index (χ1n) is 6.10. The largest absolute Gasteiger partial charge is 0.372 e. The van der Waals surface area contributed by atoms with Crippen molar-refractivity contribution >= 4 is 0 Å². The van der Waals surface area contributed by atoms with Crippen LogP contribution in [0, 0.1) is 0 Å². The van der Waals surface area contributed by atoms with Crippen molar-refractivity contribution in [3.05, 3.63) is 11.4 Å². The van der Waals surface area contributed by atoms with Crippen LogP contribution in [0.25, 0.3) is 0 Å². The van der Waals surface area contributed by atoms with Crippen LogP contribution in [0.4, 0.5) is 0 Å². The third-order valence-electron chi connectivity index (χ3n) is 3.00. The highest BCUT2D eigenvalue weighted by atomic mass is 16.5. The summed E-state index contributed by atoms with van der Waals surface area (Å²) in [6, 6.07) is 0. The monoisotopic (exact) mass is 224 g/mol. The molecule has 1 aromatic rings. The Morgan fingerprint density at radius 1 is 1.56 bits per heavy atom. The average molecular weight is 224 g/mol. The lowest BCUT2D eigenvalue weighted by Crippen LogP contribution is -2.12. The van der Waals surface area contributed by atoms with Crippen LogP contribution in [0.15, 0.2) is 0 Å². The van der Waals surface area contributed by atoms with Crippen molar-refractivity contribution < 1.29 is 4.74 Å². The molecule has 1 aliphatic heterocycles. The number of aryl methyl sites for hydroxylation is 1. The summed E-state index contributed by atoms with van der Waals surface area (Å²) in [6.45, 7) is 4.38. The van der Waals surface area contributed by atoms with Crippen LogP contribution in [-0.4, -0.2) is 21.6 Å². The van der Waals surface area contributed by atoms with Gasteiger partial charge in [0.2, 0.25) is 0 Å². The first-order valence-corrected chi connectivity index (χ1v) is 6.10. The van der Waals surface area contributed by atoms with Crippen molar-refractivity contribution in [1.29, 1.82) is 0 Å². The van der Waals surface area contributed by atoms with Gasteiger partial charge >= 0.3 is 0 Å². The molecular weight excluding hydrogens is 204 g/mol. The van der Waals surface area contributed by atoms with E-state index < -0.39 is 0 Å². The number of nitrogens with two attached hydrogens (primary N) is 1. The maximum absolute atomic E-state index is 5.70. The molecule has 2 heterocycles. The van der Waals surface area contributed by atoms with E-state index in [1.165, 1.54) is 0 Å². The maximum Gasteiger partial charge on any atom is 0.102 e. The minimum absolute atomic E-state index is 0.158. The van der Waals surface area contributed by atoms with Gasteiger partial charge in [-0.05, 0) is 19.3 Å². The van der Waals surface area contributed by atoms with Crippen LogP contribution >= 0.6 is 0 Å². The minimum atomic E-state index is 0.158. The predicted octanol–water partition coefficient (Wildman–Crippen LogP) is 1.39. The molecule has 5 heteroatoms. The van der Waals surface area contributed by atoms with Crippen LogP contribution in [-0.2, 0) is 17.8 Å². The maximum atomic E-state index is 5.70. The zero-order valence-corrected chi connectivity index (χ0v) is 9.85. The Hall–Kier alpha value is -0.940. The van der Waals surface area contributed by atoms with E-state index in [4.69, 9.17) is 10.5 Å². The molecule has 16 heavy (non-hydrogen) atoms. The molecule has 2 rings (SSSR count). The molecule has 0 spiro atoms. The van der Waals surface area contributed by atoms with Crippen molar-refractivity contribution in [2.24, 2.45) is 5.73 Å². The van der Waals surface area contributed by atoms with Crippen LogP contribution in [0.3, 0.4) is 0 Å². The Kier molecular flexibility index (Phi) is 3.90. The second kappa shape index (κ2) is 5.41. The topological polar surface area (TPSA) is 66.0 Å². The number of hydrogen-bond donors (Lipinski definition) is 1. The van der Waals surface area contributed by atoms with Gasteiger partial charge in [-0.15, -0.1) is 5.10 Å². The molecule has 0 saturated carbocycles. The summed E-state index contributed by atoms with van der Waals surface area (Å²) in [4.78, 5) is 0. The Morgan fingerprint density at radius 3 is 3.06 bits per heavy atom. The summed E-state index contributed by atoms with van der Waals surface area (Å²) < 4.78 is 7.68. The average Bonchev–Trinajstić information content (AvgIpc) is 2.94.